The molecule has 0 saturated carbocycles. The van der Waals surface area contributed by atoms with E-state index in [0.29, 0.717) is 11.1 Å². The van der Waals surface area contributed by atoms with E-state index < -0.39 is 5.41 Å². The van der Waals surface area contributed by atoms with E-state index in [2.05, 4.69) is 6.07 Å². The van der Waals surface area contributed by atoms with Crippen LogP contribution < -0.4 is 5.11 Å². The molecule has 0 unspecified atom stereocenters. The number of benzene rings is 2. The van der Waals surface area contributed by atoms with Crippen LogP contribution in [0, 0.1) is 0 Å². The molecular formula is C19H20O2-. The van der Waals surface area contributed by atoms with Gasteiger partial charge in [0.2, 0.25) is 0 Å². The van der Waals surface area contributed by atoms with Crippen molar-refractivity contribution < 1.29 is 10.2 Å². The second-order valence-corrected chi connectivity index (χ2v) is 7.43. The SMILES string of the molecule is CC(C)(C)c1cc2c(c([O-])c1[O])C(C)(C)c1ccccc1-2. The Balaban J connectivity index is 2.42. The monoisotopic (exact) mass is 280 g/mol. The molecular weight excluding hydrogens is 260 g/mol. The minimum atomic E-state index is -0.404. The van der Waals surface area contributed by atoms with Gasteiger partial charge in [-0.2, -0.15) is 0 Å². The topological polar surface area (TPSA) is 43.0 Å². The Morgan fingerprint density at radius 1 is 1.05 bits per heavy atom. The zero-order valence-corrected chi connectivity index (χ0v) is 13.2. The highest BCUT2D eigenvalue weighted by atomic mass is 16.3. The van der Waals surface area contributed by atoms with Crippen molar-refractivity contribution in [2.45, 2.75) is 45.4 Å². The molecule has 0 aliphatic heterocycles. The molecule has 0 atom stereocenters. The number of fused-ring (bicyclic) bond motifs is 3. The number of rotatable bonds is 0. The fourth-order valence-electron chi connectivity index (χ4n) is 3.43. The molecule has 0 heterocycles. The van der Waals surface area contributed by atoms with Crippen LogP contribution >= 0.6 is 0 Å². The van der Waals surface area contributed by atoms with Crippen LogP contribution in [0.2, 0.25) is 0 Å². The van der Waals surface area contributed by atoms with Crippen LogP contribution in [0.25, 0.3) is 11.1 Å². The maximum atomic E-state index is 12.7. The molecule has 2 heteroatoms. The van der Waals surface area contributed by atoms with Gasteiger partial charge in [-0.3, -0.25) is 5.11 Å². The van der Waals surface area contributed by atoms with E-state index in [-0.39, 0.29) is 16.9 Å². The molecule has 0 bridgehead atoms. The van der Waals surface area contributed by atoms with Crippen molar-refractivity contribution in [1.82, 2.24) is 0 Å². The molecule has 0 amide bonds. The first-order valence-corrected chi connectivity index (χ1v) is 7.31. The zero-order chi connectivity index (χ0) is 15.6. The summed E-state index contributed by atoms with van der Waals surface area (Å²) in [5, 5.41) is 25.2. The van der Waals surface area contributed by atoms with Crippen molar-refractivity contribution in [1.29, 1.82) is 0 Å². The summed E-state index contributed by atoms with van der Waals surface area (Å²) in [6.07, 6.45) is 0. The summed E-state index contributed by atoms with van der Waals surface area (Å²) in [7, 11) is 0. The molecule has 1 aliphatic carbocycles. The smallest absolute Gasteiger partial charge is 0.174 e. The first-order chi connectivity index (χ1) is 9.65. The van der Waals surface area contributed by atoms with Crippen molar-refractivity contribution >= 4 is 0 Å². The first-order valence-electron chi connectivity index (χ1n) is 7.31. The summed E-state index contributed by atoms with van der Waals surface area (Å²) in [6, 6.07) is 10.00. The highest BCUT2D eigenvalue weighted by Gasteiger charge is 2.38. The lowest BCUT2D eigenvalue weighted by Crippen LogP contribution is -2.19. The van der Waals surface area contributed by atoms with E-state index in [1.165, 1.54) is 0 Å². The maximum absolute atomic E-state index is 12.7. The molecule has 1 radical (unpaired) electrons. The van der Waals surface area contributed by atoms with Gasteiger partial charge in [0.1, 0.15) is 0 Å². The van der Waals surface area contributed by atoms with Gasteiger partial charge >= 0.3 is 0 Å². The Labute approximate surface area is 126 Å². The van der Waals surface area contributed by atoms with Crippen LogP contribution in [0.3, 0.4) is 0 Å². The Morgan fingerprint density at radius 3 is 2.29 bits per heavy atom. The van der Waals surface area contributed by atoms with Crippen LogP contribution in [0.4, 0.5) is 0 Å². The molecule has 0 fully saturated rings. The largest absolute Gasteiger partial charge is 0.870 e. The Hall–Kier alpha value is -1.96. The van der Waals surface area contributed by atoms with Crippen LogP contribution in [0.1, 0.15) is 51.3 Å². The van der Waals surface area contributed by atoms with Crippen molar-refractivity contribution in [3.8, 4) is 22.6 Å². The third kappa shape index (κ3) is 1.78. The number of hydrogen-bond donors (Lipinski definition) is 0. The third-order valence-electron chi connectivity index (χ3n) is 4.56. The zero-order valence-electron chi connectivity index (χ0n) is 13.2. The van der Waals surface area contributed by atoms with E-state index in [1.807, 2.05) is 58.9 Å². The van der Waals surface area contributed by atoms with Gasteiger partial charge in [0.05, 0.1) is 0 Å². The lowest BCUT2D eigenvalue weighted by Gasteiger charge is -2.30. The highest BCUT2D eigenvalue weighted by molar-refractivity contribution is 5.85. The summed E-state index contributed by atoms with van der Waals surface area (Å²) >= 11 is 0. The lowest BCUT2D eigenvalue weighted by atomic mass is 9.79. The predicted molar refractivity (Wildman–Crippen MR) is 82.3 cm³/mol. The molecule has 2 aromatic carbocycles. The van der Waals surface area contributed by atoms with E-state index >= 15 is 0 Å². The molecule has 2 aromatic rings. The predicted octanol–water partition coefficient (Wildman–Crippen LogP) is 4.51. The Kier molecular flexibility index (Phi) is 2.69. The minimum absolute atomic E-state index is 0.326. The second kappa shape index (κ2) is 4.03. The van der Waals surface area contributed by atoms with Gasteiger partial charge in [0.25, 0.3) is 0 Å². The van der Waals surface area contributed by atoms with E-state index in [1.54, 1.807) is 0 Å². The highest BCUT2D eigenvalue weighted by Crippen LogP contribution is 2.55. The van der Waals surface area contributed by atoms with Crippen LogP contribution in [-0.4, -0.2) is 0 Å². The molecule has 0 N–H and O–H groups in total. The molecule has 21 heavy (non-hydrogen) atoms. The summed E-state index contributed by atoms with van der Waals surface area (Å²) in [5.74, 6) is -0.680. The fraction of sp³-hybridized carbons (Fsp3) is 0.368. The van der Waals surface area contributed by atoms with Gasteiger partial charge in [-0.1, -0.05) is 64.6 Å². The minimum Gasteiger partial charge on any atom is -0.870 e. The van der Waals surface area contributed by atoms with E-state index in [4.69, 9.17) is 0 Å². The second-order valence-electron chi connectivity index (χ2n) is 7.43. The van der Waals surface area contributed by atoms with E-state index in [9.17, 15) is 10.2 Å². The van der Waals surface area contributed by atoms with Crippen molar-refractivity contribution in [2.24, 2.45) is 0 Å². The quantitative estimate of drug-likeness (QED) is 0.700. The normalized spacial score (nSPS) is 15.7. The van der Waals surface area contributed by atoms with Crippen molar-refractivity contribution in [3.63, 3.8) is 0 Å². The number of hydrogen-bond acceptors (Lipinski definition) is 1. The summed E-state index contributed by atoms with van der Waals surface area (Å²) < 4.78 is 0. The van der Waals surface area contributed by atoms with Gasteiger partial charge in [-0.05, 0) is 33.7 Å². The lowest BCUT2D eigenvalue weighted by molar-refractivity contribution is -0.272. The van der Waals surface area contributed by atoms with Crippen molar-refractivity contribution in [3.05, 3.63) is 47.0 Å². The standard InChI is InChI=1S/C19H21O2/c1-18(2,3)14-10-12-11-8-6-7-9-13(11)19(4,5)15(12)17(21)16(14)20/h6-10,21H,1-5H3/p-1. The summed E-state index contributed by atoms with van der Waals surface area (Å²) in [4.78, 5) is 0. The maximum Gasteiger partial charge on any atom is 0.174 e. The van der Waals surface area contributed by atoms with Crippen LogP contribution in [0.5, 0.6) is 11.5 Å². The van der Waals surface area contributed by atoms with Gasteiger partial charge < -0.3 is 5.11 Å². The molecule has 0 saturated heterocycles. The van der Waals surface area contributed by atoms with Gasteiger partial charge in [-0.25, -0.2) is 0 Å². The molecule has 2 nitrogen and oxygen atoms in total. The summed E-state index contributed by atoms with van der Waals surface area (Å²) in [6.45, 7) is 9.97. The first kappa shape index (κ1) is 14.0. The molecule has 3 rings (SSSR count). The van der Waals surface area contributed by atoms with Crippen LogP contribution in [-0.2, 0) is 15.9 Å². The molecule has 1 aliphatic rings. The Bertz CT molecular complexity index is 734. The van der Waals surface area contributed by atoms with Gasteiger partial charge in [0.15, 0.2) is 5.75 Å². The fourth-order valence-corrected chi connectivity index (χ4v) is 3.43. The molecule has 0 spiro atoms. The van der Waals surface area contributed by atoms with E-state index in [0.717, 1.165) is 16.7 Å². The molecule has 0 aromatic heterocycles. The third-order valence-corrected chi connectivity index (χ3v) is 4.56. The Morgan fingerprint density at radius 2 is 1.67 bits per heavy atom. The molecule has 109 valence electrons. The average molecular weight is 280 g/mol. The van der Waals surface area contributed by atoms with Crippen molar-refractivity contribution in [2.75, 3.05) is 0 Å². The average Bonchev–Trinajstić information content (AvgIpc) is 2.62. The van der Waals surface area contributed by atoms with Gasteiger partial charge in [0, 0.05) is 11.0 Å². The van der Waals surface area contributed by atoms with Crippen LogP contribution in [0.15, 0.2) is 30.3 Å². The summed E-state index contributed by atoms with van der Waals surface area (Å²) in [5.41, 5.74) is 3.68. The van der Waals surface area contributed by atoms with Gasteiger partial charge in [-0.15, -0.1) is 0 Å².